The third kappa shape index (κ3) is 15.9. The second kappa shape index (κ2) is 14.7. The maximum atomic E-state index is 2.48. The van der Waals surface area contributed by atoms with Crippen molar-refractivity contribution >= 4 is 0 Å². The van der Waals surface area contributed by atoms with Gasteiger partial charge in [-0.15, -0.1) is 0 Å². The van der Waals surface area contributed by atoms with Crippen molar-refractivity contribution in [2.75, 3.05) is 0 Å². The van der Waals surface area contributed by atoms with Crippen LogP contribution in [0.1, 0.15) is 118 Å². The molecule has 0 amide bonds. The number of hydrogen-bond donors (Lipinski definition) is 0. The van der Waals surface area contributed by atoms with Crippen molar-refractivity contribution in [1.82, 2.24) is 0 Å². The summed E-state index contributed by atoms with van der Waals surface area (Å²) in [6.45, 7) is 9.37. The molecule has 0 N–H and O–H groups in total. The molecule has 21 heavy (non-hydrogen) atoms. The molecular formula is C21H42. The van der Waals surface area contributed by atoms with Crippen LogP contribution < -0.4 is 0 Å². The maximum Gasteiger partial charge on any atom is -0.0175 e. The van der Waals surface area contributed by atoms with Gasteiger partial charge in [0.2, 0.25) is 0 Å². The molecule has 0 rings (SSSR count). The van der Waals surface area contributed by atoms with Gasteiger partial charge in [-0.2, -0.15) is 0 Å². The van der Waals surface area contributed by atoms with Gasteiger partial charge in [-0.1, -0.05) is 110 Å². The number of rotatable bonds is 15. The van der Waals surface area contributed by atoms with Gasteiger partial charge in [-0.3, -0.25) is 0 Å². The average Bonchev–Trinajstić information content (AvgIpc) is 2.45. The van der Waals surface area contributed by atoms with Crippen LogP contribution in [-0.2, 0) is 0 Å². The van der Waals surface area contributed by atoms with Crippen LogP contribution in [-0.4, -0.2) is 0 Å². The normalized spacial score (nSPS) is 12.4. The third-order valence-electron chi connectivity index (χ3n) is 4.47. The Bertz CT molecular complexity index is 224. The molecule has 0 atom stereocenters. The third-order valence-corrected chi connectivity index (χ3v) is 4.47. The summed E-state index contributed by atoms with van der Waals surface area (Å²) in [6, 6.07) is 0. The summed E-state index contributed by atoms with van der Waals surface area (Å²) in [6.07, 6.45) is 24.5. The second-order valence-electron chi connectivity index (χ2n) is 7.47. The van der Waals surface area contributed by atoms with E-state index in [1.54, 1.807) is 0 Å². The highest BCUT2D eigenvalue weighted by Crippen LogP contribution is 2.26. The lowest BCUT2D eigenvalue weighted by Gasteiger charge is -2.20. The van der Waals surface area contributed by atoms with E-state index in [1.807, 2.05) is 0 Å². The first-order valence-corrected chi connectivity index (χ1v) is 9.80. The van der Waals surface area contributed by atoms with Gasteiger partial charge in [0.25, 0.3) is 0 Å². The Balaban J connectivity index is 3.49. The number of allylic oxidation sites excluding steroid dienone is 2. The molecule has 0 bridgehead atoms. The predicted molar refractivity (Wildman–Crippen MR) is 98.9 cm³/mol. The van der Waals surface area contributed by atoms with Crippen molar-refractivity contribution in [2.45, 2.75) is 118 Å². The minimum Gasteiger partial charge on any atom is -0.0880 e. The summed E-state index contributed by atoms with van der Waals surface area (Å²) >= 11 is 0. The highest BCUT2D eigenvalue weighted by Gasteiger charge is 2.12. The maximum absolute atomic E-state index is 2.48. The summed E-state index contributed by atoms with van der Waals surface area (Å²) in [4.78, 5) is 0. The molecule has 0 nitrogen and oxygen atoms in total. The minimum absolute atomic E-state index is 0.410. The van der Waals surface area contributed by atoms with Crippen molar-refractivity contribution < 1.29 is 0 Å². The molecule has 0 fully saturated rings. The summed E-state index contributed by atoms with van der Waals surface area (Å²) in [7, 11) is 0. The molecule has 0 heterocycles. The summed E-state index contributed by atoms with van der Waals surface area (Å²) in [5, 5.41) is 0. The molecule has 0 saturated heterocycles. The van der Waals surface area contributed by atoms with Crippen LogP contribution in [0.5, 0.6) is 0 Å². The van der Waals surface area contributed by atoms with E-state index in [2.05, 4.69) is 39.8 Å². The lowest BCUT2D eigenvalue weighted by Crippen LogP contribution is -2.06. The second-order valence-corrected chi connectivity index (χ2v) is 7.47. The first-order chi connectivity index (χ1) is 10.1. The lowest BCUT2D eigenvalue weighted by atomic mass is 9.86. The van der Waals surface area contributed by atoms with Gasteiger partial charge < -0.3 is 0 Å². The molecule has 0 aromatic rings. The van der Waals surface area contributed by atoms with Crippen molar-refractivity contribution in [3.63, 3.8) is 0 Å². The lowest BCUT2D eigenvalue weighted by molar-refractivity contribution is 0.406. The van der Waals surface area contributed by atoms with Crippen molar-refractivity contribution in [3.8, 4) is 0 Å². The summed E-state index contributed by atoms with van der Waals surface area (Å²) in [5.41, 5.74) is 0.410. The fraction of sp³-hybridized carbons (Fsp3) is 0.905. The van der Waals surface area contributed by atoms with E-state index in [-0.39, 0.29) is 0 Å². The Morgan fingerprint density at radius 3 is 1.67 bits per heavy atom. The van der Waals surface area contributed by atoms with Crippen LogP contribution in [0.15, 0.2) is 12.2 Å². The Hall–Kier alpha value is -0.260. The Morgan fingerprint density at radius 1 is 0.619 bits per heavy atom. The van der Waals surface area contributed by atoms with Crippen LogP contribution >= 0.6 is 0 Å². The Morgan fingerprint density at radius 2 is 1.10 bits per heavy atom. The predicted octanol–water partition coefficient (Wildman–Crippen LogP) is 8.07. The van der Waals surface area contributed by atoms with Gasteiger partial charge in [0.05, 0.1) is 0 Å². The first kappa shape index (κ1) is 20.7. The SMILES string of the molecule is CCCCCCCCC=CC(C)(C)CCCCCCCC. The largest absolute Gasteiger partial charge is 0.0880 e. The molecule has 0 spiro atoms. The van der Waals surface area contributed by atoms with E-state index in [0.717, 1.165) is 0 Å². The van der Waals surface area contributed by atoms with E-state index < -0.39 is 0 Å². The van der Waals surface area contributed by atoms with E-state index in [9.17, 15) is 0 Å². The Kier molecular flexibility index (Phi) is 14.5. The number of unbranched alkanes of at least 4 members (excludes halogenated alkanes) is 11. The molecular weight excluding hydrogens is 252 g/mol. The molecule has 0 aliphatic rings. The molecule has 0 radical (unpaired) electrons. The highest BCUT2D eigenvalue weighted by molar-refractivity contribution is 4.94. The standard InChI is InChI=1S/C21H42/c1-5-7-9-11-13-14-16-18-20-21(3,4)19-17-15-12-10-8-6-2/h18,20H,5-17,19H2,1-4H3. The van der Waals surface area contributed by atoms with Gasteiger partial charge in [0, 0.05) is 0 Å². The monoisotopic (exact) mass is 294 g/mol. The first-order valence-electron chi connectivity index (χ1n) is 9.80. The molecule has 0 aromatic carbocycles. The van der Waals surface area contributed by atoms with E-state index in [4.69, 9.17) is 0 Å². The topological polar surface area (TPSA) is 0 Å². The zero-order valence-electron chi connectivity index (χ0n) is 15.6. The highest BCUT2D eigenvalue weighted by atomic mass is 14.2. The van der Waals surface area contributed by atoms with Crippen molar-refractivity contribution in [1.29, 1.82) is 0 Å². The van der Waals surface area contributed by atoms with Gasteiger partial charge in [-0.05, 0) is 24.7 Å². The molecule has 0 unspecified atom stereocenters. The smallest absolute Gasteiger partial charge is 0.0175 e. The number of hydrogen-bond acceptors (Lipinski definition) is 0. The summed E-state index contributed by atoms with van der Waals surface area (Å²) < 4.78 is 0. The fourth-order valence-corrected chi connectivity index (χ4v) is 2.89. The van der Waals surface area contributed by atoms with Crippen LogP contribution in [0.4, 0.5) is 0 Å². The quantitative estimate of drug-likeness (QED) is 0.211. The van der Waals surface area contributed by atoms with E-state index in [0.29, 0.717) is 5.41 Å². The van der Waals surface area contributed by atoms with Gasteiger partial charge in [-0.25, -0.2) is 0 Å². The average molecular weight is 295 g/mol. The van der Waals surface area contributed by atoms with Crippen LogP contribution in [0, 0.1) is 5.41 Å². The molecule has 0 aromatic heterocycles. The zero-order chi connectivity index (χ0) is 15.8. The van der Waals surface area contributed by atoms with Crippen LogP contribution in [0.2, 0.25) is 0 Å². The van der Waals surface area contributed by atoms with Gasteiger partial charge >= 0.3 is 0 Å². The van der Waals surface area contributed by atoms with Crippen LogP contribution in [0.25, 0.3) is 0 Å². The van der Waals surface area contributed by atoms with Gasteiger partial charge in [0.15, 0.2) is 0 Å². The van der Waals surface area contributed by atoms with Crippen LogP contribution in [0.3, 0.4) is 0 Å². The molecule has 0 aliphatic carbocycles. The Labute approximate surface area is 135 Å². The molecule has 0 aliphatic heterocycles. The fourth-order valence-electron chi connectivity index (χ4n) is 2.89. The molecule has 0 saturated carbocycles. The molecule has 0 heteroatoms. The zero-order valence-corrected chi connectivity index (χ0v) is 15.6. The van der Waals surface area contributed by atoms with E-state index in [1.165, 1.54) is 89.9 Å². The summed E-state index contributed by atoms with van der Waals surface area (Å²) in [5.74, 6) is 0. The van der Waals surface area contributed by atoms with E-state index >= 15 is 0 Å². The van der Waals surface area contributed by atoms with Gasteiger partial charge in [0.1, 0.15) is 0 Å². The van der Waals surface area contributed by atoms with Crippen molar-refractivity contribution in [3.05, 3.63) is 12.2 Å². The van der Waals surface area contributed by atoms with Crippen molar-refractivity contribution in [2.24, 2.45) is 5.41 Å². The molecule has 126 valence electrons. The minimum atomic E-state index is 0.410.